The van der Waals surface area contributed by atoms with E-state index < -0.39 is 0 Å². The SMILES string of the molecule is CCN(CC)c1ccc2nc(C(C)C)cc(Cl)c2c1. The predicted molar refractivity (Wildman–Crippen MR) is 84.4 cm³/mol. The van der Waals surface area contributed by atoms with Crippen molar-refractivity contribution in [1.29, 1.82) is 0 Å². The summed E-state index contributed by atoms with van der Waals surface area (Å²) in [5, 5.41) is 1.83. The fraction of sp³-hybridized carbons (Fsp3) is 0.438. The van der Waals surface area contributed by atoms with Crippen LogP contribution in [-0.4, -0.2) is 18.1 Å². The highest BCUT2D eigenvalue weighted by molar-refractivity contribution is 6.35. The maximum atomic E-state index is 6.41. The van der Waals surface area contributed by atoms with Gasteiger partial charge >= 0.3 is 0 Å². The topological polar surface area (TPSA) is 16.1 Å². The number of nitrogens with zero attached hydrogens (tertiary/aromatic N) is 2. The van der Waals surface area contributed by atoms with Gasteiger partial charge in [0.2, 0.25) is 0 Å². The van der Waals surface area contributed by atoms with Crippen LogP contribution < -0.4 is 4.90 Å². The average Bonchev–Trinajstić information content (AvgIpc) is 2.40. The minimum atomic E-state index is 0.393. The minimum Gasteiger partial charge on any atom is -0.372 e. The molecule has 1 aromatic carbocycles. The predicted octanol–water partition coefficient (Wildman–Crippen LogP) is 4.86. The van der Waals surface area contributed by atoms with Gasteiger partial charge in [-0.3, -0.25) is 4.98 Å². The maximum Gasteiger partial charge on any atom is 0.0721 e. The first-order chi connectivity index (χ1) is 9.06. The summed E-state index contributed by atoms with van der Waals surface area (Å²) in [5.41, 5.74) is 3.23. The average molecular weight is 277 g/mol. The highest BCUT2D eigenvalue weighted by Crippen LogP contribution is 2.29. The first kappa shape index (κ1) is 14.1. The van der Waals surface area contributed by atoms with Crippen molar-refractivity contribution >= 4 is 28.2 Å². The highest BCUT2D eigenvalue weighted by atomic mass is 35.5. The van der Waals surface area contributed by atoms with Gasteiger partial charge in [0.1, 0.15) is 0 Å². The van der Waals surface area contributed by atoms with Crippen LogP contribution in [0.15, 0.2) is 24.3 Å². The summed E-state index contributed by atoms with van der Waals surface area (Å²) in [6.45, 7) is 10.6. The van der Waals surface area contributed by atoms with E-state index in [2.05, 4.69) is 55.8 Å². The molecule has 0 atom stereocenters. The van der Waals surface area contributed by atoms with Crippen molar-refractivity contribution < 1.29 is 0 Å². The van der Waals surface area contributed by atoms with Gasteiger partial charge in [-0.05, 0) is 44.0 Å². The molecule has 0 saturated carbocycles. The molecule has 2 aromatic rings. The van der Waals surface area contributed by atoms with Gasteiger partial charge in [0.05, 0.1) is 10.5 Å². The lowest BCUT2D eigenvalue weighted by Crippen LogP contribution is -2.21. The number of fused-ring (bicyclic) bond motifs is 1. The van der Waals surface area contributed by atoms with Crippen LogP contribution in [0.5, 0.6) is 0 Å². The van der Waals surface area contributed by atoms with E-state index in [0.717, 1.165) is 34.7 Å². The van der Waals surface area contributed by atoms with Crippen molar-refractivity contribution in [2.45, 2.75) is 33.6 Å². The van der Waals surface area contributed by atoms with Gasteiger partial charge in [0, 0.05) is 29.9 Å². The zero-order valence-corrected chi connectivity index (χ0v) is 12.8. The quantitative estimate of drug-likeness (QED) is 0.793. The van der Waals surface area contributed by atoms with Gasteiger partial charge in [-0.25, -0.2) is 0 Å². The van der Waals surface area contributed by atoms with E-state index in [1.807, 2.05) is 6.07 Å². The van der Waals surface area contributed by atoms with Gasteiger partial charge < -0.3 is 4.90 Å². The van der Waals surface area contributed by atoms with E-state index >= 15 is 0 Å². The molecule has 0 bridgehead atoms. The Bertz CT molecular complexity index is 574. The summed E-state index contributed by atoms with van der Waals surface area (Å²) in [6.07, 6.45) is 0. The van der Waals surface area contributed by atoms with Crippen molar-refractivity contribution in [3.8, 4) is 0 Å². The molecule has 1 aromatic heterocycles. The van der Waals surface area contributed by atoms with E-state index in [-0.39, 0.29) is 0 Å². The molecule has 0 aliphatic rings. The van der Waals surface area contributed by atoms with Gasteiger partial charge in [-0.2, -0.15) is 0 Å². The monoisotopic (exact) mass is 276 g/mol. The lowest BCUT2D eigenvalue weighted by atomic mass is 10.1. The van der Waals surface area contributed by atoms with E-state index in [9.17, 15) is 0 Å². The van der Waals surface area contributed by atoms with Crippen LogP contribution in [0.25, 0.3) is 10.9 Å². The number of anilines is 1. The van der Waals surface area contributed by atoms with Crippen LogP contribution >= 0.6 is 11.6 Å². The van der Waals surface area contributed by atoms with Gasteiger partial charge in [-0.1, -0.05) is 25.4 Å². The zero-order chi connectivity index (χ0) is 14.0. The Morgan fingerprint density at radius 3 is 2.42 bits per heavy atom. The van der Waals surface area contributed by atoms with E-state index in [4.69, 9.17) is 11.6 Å². The van der Waals surface area contributed by atoms with Gasteiger partial charge in [0.25, 0.3) is 0 Å². The molecule has 2 rings (SSSR count). The number of rotatable bonds is 4. The van der Waals surface area contributed by atoms with Crippen molar-refractivity contribution in [2.75, 3.05) is 18.0 Å². The molecule has 0 amide bonds. The Morgan fingerprint density at radius 2 is 1.84 bits per heavy atom. The Hall–Kier alpha value is -1.28. The standard InChI is InChI=1S/C16H21ClN2/c1-5-19(6-2)12-7-8-15-13(9-12)14(17)10-16(18-15)11(3)4/h7-11H,5-6H2,1-4H3. The van der Waals surface area contributed by atoms with Gasteiger partial charge in [-0.15, -0.1) is 0 Å². The lowest BCUT2D eigenvalue weighted by molar-refractivity contribution is 0.830. The number of aromatic nitrogens is 1. The lowest BCUT2D eigenvalue weighted by Gasteiger charge is -2.21. The third-order valence-corrected chi connectivity index (χ3v) is 3.79. The van der Waals surface area contributed by atoms with Crippen LogP contribution in [0.1, 0.15) is 39.3 Å². The summed E-state index contributed by atoms with van der Waals surface area (Å²) < 4.78 is 0. The van der Waals surface area contributed by atoms with E-state index in [1.54, 1.807) is 0 Å². The number of hydrogen-bond donors (Lipinski definition) is 0. The molecule has 0 N–H and O–H groups in total. The molecule has 0 aliphatic heterocycles. The Balaban J connectivity index is 2.55. The molecule has 1 heterocycles. The Labute approximate surface area is 120 Å². The number of pyridine rings is 1. The molecule has 0 spiro atoms. The van der Waals surface area contributed by atoms with Crippen LogP contribution in [-0.2, 0) is 0 Å². The second-order valence-corrected chi connectivity index (χ2v) is 5.46. The van der Waals surface area contributed by atoms with Crippen molar-refractivity contribution in [2.24, 2.45) is 0 Å². The Morgan fingerprint density at radius 1 is 1.16 bits per heavy atom. The summed E-state index contributed by atoms with van der Waals surface area (Å²) in [4.78, 5) is 7.00. The summed E-state index contributed by atoms with van der Waals surface area (Å²) in [6, 6.07) is 8.33. The number of halogens is 1. The molecule has 0 unspecified atom stereocenters. The van der Waals surface area contributed by atoms with Crippen molar-refractivity contribution in [3.05, 3.63) is 35.0 Å². The van der Waals surface area contributed by atoms with Crippen LogP contribution in [0.3, 0.4) is 0 Å². The van der Waals surface area contributed by atoms with Crippen LogP contribution in [0.4, 0.5) is 5.69 Å². The molecule has 102 valence electrons. The van der Waals surface area contributed by atoms with Crippen molar-refractivity contribution in [1.82, 2.24) is 4.98 Å². The van der Waals surface area contributed by atoms with Crippen LogP contribution in [0, 0.1) is 0 Å². The molecule has 0 radical (unpaired) electrons. The zero-order valence-electron chi connectivity index (χ0n) is 12.1. The summed E-state index contributed by atoms with van der Waals surface area (Å²) in [5.74, 6) is 0.393. The second kappa shape index (κ2) is 5.79. The van der Waals surface area contributed by atoms with Gasteiger partial charge in [0.15, 0.2) is 0 Å². The third kappa shape index (κ3) is 2.84. The smallest absolute Gasteiger partial charge is 0.0721 e. The highest BCUT2D eigenvalue weighted by Gasteiger charge is 2.09. The number of hydrogen-bond acceptors (Lipinski definition) is 2. The molecule has 19 heavy (non-hydrogen) atoms. The van der Waals surface area contributed by atoms with Crippen molar-refractivity contribution in [3.63, 3.8) is 0 Å². The Kier molecular flexibility index (Phi) is 4.31. The van der Waals surface area contributed by atoms with Crippen LogP contribution in [0.2, 0.25) is 5.02 Å². The second-order valence-electron chi connectivity index (χ2n) is 5.06. The number of benzene rings is 1. The first-order valence-corrected chi connectivity index (χ1v) is 7.29. The molecule has 3 heteroatoms. The first-order valence-electron chi connectivity index (χ1n) is 6.92. The fourth-order valence-corrected chi connectivity index (χ4v) is 2.54. The summed E-state index contributed by atoms with van der Waals surface area (Å²) in [7, 11) is 0. The van der Waals surface area contributed by atoms with E-state index in [0.29, 0.717) is 5.92 Å². The molecule has 0 saturated heterocycles. The maximum absolute atomic E-state index is 6.41. The third-order valence-electron chi connectivity index (χ3n) is 3.48. The molecular formula is C16H21ClN2. The molecule has 0 aliphatic carbocycles. The normalized spacial score (nSPS) is 11.3. The molecular weight excluding hydrogens is 256 g/mol. The minimum absolute atomic E-state index is 0.393. The fourth-order valence-electron chi connectivity index (χ4n) is 2.27. The van der Waals surface area contributed by atoms with E-state index in [1.165, 1.54) is 5.69 Å². The molecule has 2 nitrogen and oxygen atoms in total. The molecule has 0 fully saturated rings. The summed E-state index contributed by atoms with van der Waals surface area (Å²) >= 11 is 6.41. The largest absolute Gasteiger partial charge is 0.372 e.